The van der Waals surface area contributed by atoms with Crippen LogP contribution >= 0.6 is 0 Å². The molecule has 1 aliphatic heterocycles. The molecule has 2 rings (SSSR count). The van der Waals surface area contributed by atoms with Gasteiger partial charge in [0.15, 0.2) is 5.96 Å². The number of likely N-dealkylation sites (tertiary alicyclic amines) is 1. The molecule has 0 aliphatic carbocycles. The predicted molar refractivity (Wildman–Crippen MR) is 99.8 cm³/mol. The Morgan fingerprint density at radius 3 is 2.63 bits per heavy atom. The Morgan fingerprint density at radius 2 is 1.96 bits per heavy atom. The molecule has 9 heteroatoms. The number of anilines is 1. The summed E-state index contributed by atoms with van der Waals surface area (Å²) in [6.45, 7) is 3.98. The van der Waals surface area contributed by atoms with E-state index in [4.69, 9.17) is 0 Å². The van der Waals surface area contributed by atoms with Gasteiger partial charge >= 0.3 is 12.2 Å². The largest absolute Gasteiger partial charge is 0.390 e. The van der Waals surface area contributed by atoms with Crippen LogP contribution < -0.4 is 16.0 Å². The molecule has 1 heterocycles. The first-order valence-electron chi connectivity index (χ1n) is 9.11. The summed E-state index contributed by atoms with van der Waals surface area (Å²) in [5, 5.41) is 8.46. The molecule has 1 fully saturated rings. The number of benzene rings is 1. The van der Waals surface area contributed by atoms with Crippen LogP contribution in [-0.2, 0) is 6.54 Å². The van der Waals surface area contributed by atoms with E-state index >= 15 is 0 Å². The van der Waals surface area contributed by atoms with Gasteiger partial charge in [-0.15, -0.1) is 0 Å². The average molecular weight is 385 g/mol. The van der Waals surface area contributed by atoms with Crippen molar-refractivity contribution in [1.29, 1.82) is 0 Å². The van der Waals surface area contributed by atoms with Crippen LogP contribution in [0.5, 0.6) is 0 Å². The Balaban J connectivity index is 1.91. The highest BCUT2D eigenvalue weighted by molar-refractivity contribution is 5.89. The first-order valence-corrected chi connectivity index (χ1v) is 9.11. The smallest absolute Gasteiger partial charge is 0.357 e. The second-order valence-electron chi connectivity index (χ2n) is 6.31. The van der Waals surface area contributed by atoms with Gasteiger partial charge in [-0.2, -0.15) is 13.2 Å². The maximum absolute atomic E-state index is 12.3. The van der Waals surface area contributed by atoms with Gasteiger partial charge in [0.05, 0.1) is 13.0 Å². The van der Waals surface area contributed by atoms with Crippen LogP contribution in [0.25, 0.3) is 0 Å². The third-order valence-electron chi connectivity index (χ3n) is 4.04. The Kier molecular flexibility index (Phi) is 7.75. The molecule has 6 nitrogen and oxygen atoms in total. The molecule has 1 aromatic rings. The van der Waals surface area contributed by atoms with Gasteiger partial charge in [0.25, 0.3) is 0 Å². The molecule has 0 spiro atoms. The molecule has 0 radical (unpaired) electrons. The Hall–Kier alpha value is -2.45. The predicted octanol–water partition coefficient (Wildman–Crippen LogP) is 3.32. The fourth-order valence-electron chi connectivity index (χ4n) is 2.70. The third-order valence-corrected chi connectivity index (χ3v) is 4.04. The quantitative estimate of drug-likeness (QED) is 0.520. The van der Waals surface area contributed by atoms with Crippen molar-refractivity contribution in [2.45, 2.75) is 38.9 Å². The molecule has 0 saturated carbocycles. The number of guanidine groups is 1. The van der Waals surface area contributed by atoms with Crippen LogP contribution in [0.15, 0.2) is 29.3 Å². The molecule has 3 N–H and O–H groups in total. The van der Waals surface area contributed by atoms with Crippen LogP contribution in [0.4, 0.5) is 23.7 Å². The number of hydrogen-bond donors (Lipinski definition) is 3. The molecule has 1 saturated heterocycles. The molecule has 27 heavy (non-hydrogen) atoms. The van der Waals surface area contributed by atoms with Crippen molar-refractivity contribution in [1.82, 2.24) is 15.5 Å². The van der Waals surface area contributed by atoms with Crippen molar-refractivity contribution < 1.29 is 18.0 Å². The number of halogens is 3. The van der Waals surface area contributed by atoms with Gasteiger partial charge in [-0.05, 0) is 37.5 Å². The first-order chi connectivity index (χ1) is 12.9. The summed E-state index contributed by atoms with van der Waals surface area (Å²) in [5.41, 5.74) is 1.52. The van der Waals surface area contributed by atoms with E-state index in [1.165, 1.54) is 0 Å². The molecule has 1 aromatic carbocycles. The lowest BCUT2D eigenvalue weighted by molar-refractivity contribution is -0.132. The van der Waals surface area contributed by atoms with Gasteiger partial charge in [0.2, 0.25) is 0 Å². The molecule has 0 atom stereocenters. The highest BCUT2D eigenvalue weighted by atomic mass is 19.4. The number of aliphatic imine (C=N–C) groups is 1. The zero-order valence-electron chi connectivity index (χ0n) is 15.4. The average Bonchev–Trinajstić information content (AvgIpc) is 3.14. The van der Waals surface area contributed by atoms with E-state index in [1.807, 2.05) is 25.1 Å². The normalized spacial score (nSPS) is 15.0. The lowest BCUT2D eigenvalue weighted by Gasteiger charge is -2.16. The summed E-state index contributed by atoms with van der Waals surface area (Å²) in [4.78, 5) is 18.2. The van der Waals surface area contributed by atoms with E-state index in [0.29, 0.717) is 18.2 Å². The molecular formula is C18H26F3N5O. The summed E-state index contributed by atoms with van der Waals surface area (Å²) < 4.78 is 36.8. The maximum Gasteiger partial charge on any atom is 0.390 e. The van der Waals surface area contributed by atoms with Crippen LogP contribution in [0.3, 0.4) is 0 Å². The van der Waals surface area contributed by atoms with Crippen molar-refractivity contribution in [2.24, 2.45) is 4.99 Å². The summed E-state index contributed by atoms with van der Waals surface area (Å²) in [6, 6.07) is 7.17. The van der Waals surface area contributed by atoms with Gasteiger partial charge in [-0.1, -0.05) is 12.1 Å². The molecular weight excluding hydrogens is 359 g/mol. The van der Waals surface area contributed by atoms with Crippen LogP contribution in [-0.4, -0.2) is 49.2 Å². The minimum Gasteiger partial charge on any atom is -0.357 e. The van der Waals surface area contributed by atoms with E-state index in [9.17, 15) is 18.0 Å². The highest BCUT2D eigenvalue weighted by Gasteiger charge is 2.26. The summed E-state index contributed by atoms with van der Waals surface area (Å²) in [7, 11) is 0. The summed E-state index contributed by atoms with van der Waals surface area (Å²) in [5.74, 6) is 0.327. The van der Waals surface area contributed by atoms with E-state index < -0.39 is 12.6 Å². The molecule has 0 bridgehead atoms. The topological polar surface area (TPSA) is 68.8 Å². The van der Waals surface area contributed by atoms with E-state index in [-0.39, 0.29) is 19.1 Å². The molecule has 0 unspecified atom stereocenters. The van der Waals surface area contributed by atoms with Gasteiger partial charge in [0.1, 0.15) is 0 Å². The number of urea groups is 1. The fourth-order valence-corrected chi connectivity index (χ4v) is 2.70. The first kappa shape index (κ1) is 20.9. The molecule has 2 amide bonds. The second kappa shape index (κ2) is 10.0. The summed E-state index contributed by atoms with van der Waals surface area (Å²) in [6.07, 6.45) is -3.07. The minimum absolute atomic E-state index is 0.115. The number of nitrogens with zero attached hydrogens (tertiary/aromatic N) is 2. The monoisotopic (exact) mass is 385 g/mol. The van der Waals surface area contributed by atoms with Crippen LogP contribution in [0, 0.1) is 0 Å². The lowest BCUT2D eigenvalue weighted by atomic mass is 10.2. The zero-order chi connectivity index (χ0) is 19.7. The molecule has 150 valence electrons. The summed E-state index contributed by atoms with van der Waals surface area (Å²) >= 11 is 0. The molecule has 1 aliphatic rings. The van der Waals surface area contributed by atoms with Crippen molar-refractivity contribution in [2.75, 3.05) is 31.5 Å². The van der Waals surface area contributed by atoms with Gasteiger partial charge in [-0.25, -0.2) is 9.79 Å². The van der Waals surface area contributed by atoms with Gasteiger partial charge in [-0.3, -0.25) is 0 Å². The van der Waals surface area contributed by atoms with Gasteiger partial charge in [0, 0.05) is 31.9 Å². The third kappa shape index (κ3) is 7.76. The van der Waals surface area contributed by atoms with Crippen molar-refractivity contribution >= 4 is 17.7 Å². The number of hydrogen-bond acceptors (Lipinski definition) is 2. The number of carbonyl (C=O) groups is 1. The zero-order valence-corrected chi connectivity index (χ0v) is 15.4. The fraction of sp³-hybridized carbons (Fsp3) is 0.556. The van der Waals surface area contributed by atoms with Crippen molar-refractivity contribution in [3.05, 3.63) is 29.8 Å². The number of carbonyl (C=O) groups excluding carboxylic acids is 1. The second-order valence-corrected chi connectivity index (χ2v) is 6.31. The standard InChI is InChI=1S/C18H26F3N5O/c1-2-22-16(23-9-8-18(19,20)21)24-13-14-6-5-7-15(12-14)25-17(27)26-10-3-4-11-26/h5-7,12H,2-4,8-11,13H2,1H3,(H,25,27)(H2,22,23,24). The number of amides is 2. The van der Waals surface area contributed by atoms with Crippen molar-refractivity contribution in [3.8, 4) is 0 Å². The maximum atomic E-state index is 12.3. The van der Waals surface area contributed by atoms with Crippen LogP contribution in [0.1, 0.15) is 31.7 Å². The van der Waals surface area contributed by atoms with E-state index in [1.54, 1.807) is 11.0 Å². The van der Waals surface area contributed by atoms with Gasteiger partial charge < -0.3 is 20.9 Å². The lowest BCUT2D eigenvalue weighted by Crippen LogP contribution is -2.38. The van der Waals surface area contributed by atoms with Crippen molar-refractivity contribution in [3.63, 3.8) is 0 Å². The number of nitrogens with one attached hydrogen (secondary N) is 3. The van der Waals surface area contributed by atoms with E-state index in [0.717, 1.165) is 31.5 Å². The number of alkyl halides is 3. The SMILES string of the molecule is CCNC(=NCc1cccc(NC(=O)N2CCCC2)c1)NCCC(F)(F)F. The highest BCUT2D eigenvalue weighted by Crippen LogP contribution is 2.18. The minimum atomic E-state index is -4.20. The Bertz CT molecular complexity index is 642. The molecule has 0 aromatic heterocycles. The van der Waals surface area contributed by atoms with Crippen LogP contribution in [0.2, 0.25) is 0 Å². The Labute approximate surface area is 157 Å². The number of rotatable bonds is 6. The Morgan fingerprint density at radius 1 is 1.22 bits per heavy atom. The van der Waals surface area contributed by atoms with E-state index in [2.05, 4.69) is 20.9 Å².